The number of aromatic nitrogens is 1. The average Bonchev–Trinajstić information content (AvgIpc) is 3.09. The van der Waals surface area contributed by atoms with Gasteiger partial charge >= 0.3 is 0 Å². The quantitative estimate of drug-likeness (QED) is 0.807. The number of piperidine rings is 1. The van der Waals surface area contributed by atoms with Crippen molar-refractivity contribution < 1.29 is 9.63 Å². The molecule has 2 saturated heterocycles. The zero-order chi connectivity index (χ0) is 14.8. The maximum Gasteiger partial charge on any atom is 0.230 e. The number of amides is 1. The predicted molar refractivity (Wildman–Crippen MR) is 82.1 cm³/mol. The summed E-state index contributed by atoms with van der Waals surface area (Å²) >= 11 is 0. The zero-order valence-electron chi connectivity index (χ0n) is 12.6. The Morgan fingerprint density at radius 3 is 3.09 bits per heavy atom. The minimum Gasteiger partial charge on any atom is -0.356 e. The summed E-state index contributed by atoms with van der Waals surface area (Å²) in [5, 5.41) is 3.19. The molecule has 0 saturated carbocycles. The first-order valence-corrected chi connectivity index (χ1v) is 8.00. The summed E-state index contributed by atoms with van der Waals surface area (Å²) in [5.41, 5.74) is 3.81. The number of hydroxylamine groups is 2. The lowest BCUT2D eigenvalue weighted by Crippen LogP contribution is -2.53. The van der Waals surface area contributed by atoms with Crippen LogP contribution in [0.5, 0.6) is 0 Å². The number of carbonyl (C=O) groups excluding carboxylic acids is 1. The van der Waals surface area contributed by atoms with Gasteiger partial charge in [-0.3, -0.25) is 9.63 Å². The van der Waals surface area contributed by atoms with E-state index in [-0.39, 0.29) is 23.9 Å². The van der Waals surface area contributed by atoms with E-state index in [0.717, 1.165) is 19.4 Å². The number of hydrogen-bond donors (Lipinski definition) is 1. The summed E-state index contributed by atoms with van der Waals surface area (Å²) in [6.45, 7) is 1.36. The average molecular weight is 297 g/mol. The molecule has 114 valence electrons. The molecule has 22 heavy (non-hydrogen) atoms. The van der Waals surface area contributed by atoms with Crippen LogP contribution in [0.15, 0.2) is 24.3 Å². The van der Waals surface area contributed by atoms with Gasteiger partial charge in [0.05, 0.1) is 24.6 Å². The van der Waals surface area contributed by atoms with Crippen LogP contribution >= 0.6 is 0 Å². The van der Waals surface area contributed by atoms with Crippen LogP contribution in [0, 0.1) is 5.92 Å². The molecule has 0 spiro atoms. The topological polar surface area (TPSA) is 48.6 Å². The third-order valence-electron chi connectivity index (χ3n) is 5.61. The van der Waals surface area contributed by atoms with Gasteiger partial charge in [-0.05, 0) is 24.5 Å². The second kappa shape index (κ2) is 4.33. The van der Waals surface area contributed by atoms with Crippen LogP contribution in [0.3, 0.4) is 0 Å². The van der Waals surface area contributed by atoms with Crippen LogP contribution in [0.25, 0.3) is 10.9 Å². The molecule has 2 fully saturated rings. The van der Waals surface area contributed by atoms with Gasteiger partial charge in [-0.2, -0.15) is 5.06 Å². The lowest BCUT2D eigenvalue weighted by Gasteiger charge is -2.44. The SMILES string of the molecule is CN1OC[C@@H]2C(=O)N3CCc4c([nH]c5ccccc45)[C@@H]3C[C@@H]21. The molecule has 3 atom stereocenters. The van der Waals surface area contributed by atoms with Crippen LogP contribution in [0.4, 0.5) is 0 Å². The van der Waals surface area contributed by atoms with E-state index in [1.807, 2.05) is 12.1 Å². The number of carbonyl (C=O) groups is 1. The Morgan fingerprint density at radius 1 is 1.32 bits per heavy atom. The highest BCUT2D eigenvalue weighted by molar-refractivity contribution is 5.87. The second-order valence-corrected chi connectivity index (χ2v) is 6.61. The Hall–Kier alpha value is -1.85. The standard InChI is InChI=1S/C17H19N3O2/c1-19-14-8-15-16-11(10-4-2-3-5-13(10)18-16)6-7-20(15)17(21)12(14)9-22-19/h2-5,12,14-15,18H,6-9H2,1H3/t12-,14-,15-/m0/s1. The van der Waals surface area contributed by atoms with Crippen molar-refractivity contribution in [2.45, 2.75) is 24.9 Å². The molecule has 1 N–H and O–H groups in total. The number of benzene rings is 1. The van der Waals surface area contributed by atoms with Crippen molar-refractivity contribution >= 4 is 16.8 Å². The van der Waals surface area contributed by atoms with Gasteiger partial charge < -0.3 is 9.88 Å². The van der Waals surface area contributed by atoms with Crippen molar-refractivity contribution in [2.24, 2.45) is 5.92 Å². The molecule has 5 heteroatoms. The fourth-order valence-electron chi connectivity index (χ4n) is 4.48. The van der Waals surface area contributed by atoms with Crippen molar-refractivity contribution in [3.05, 3.63) is 35.5 Å². The number of aromatic amines is 1. The van der Waals surface area contributed by atoms with Crippen LogP contribution in [0.1, 0.15) is 23.7 Å². The summed E-state index contributed by atoms with van der Waals surface area (Å²) in [7, 11) is 1.95. The summed E-state index contributed by atoms with van der Waals surface area (Å²) in [5.74, 6) is 0.266. The van der Waals surface area contributed by atoms with Crippen molar-refractivity contribution in [3.8, 4) is 0 Å². The number of H-pyrrole nitrogens is 1. The smallest absolute Gasteiger partial charge is 0.230 e. The summed E-state index contributed by atoms with van der Waals surface area (Å²) in [6.07, 6.45) is 1.89. The third kappa shape index (κ3) is 1.53. The van der Waals surface area contributed by atoms with Gasteiger partial charge in [0.2, 0.25) is 5.91 Å². The van der Waals surface area contributed by atoms with Gasteiger partial charge in [0.25, 0.3) is 0 Å². The molecule has 0 radical (unpaired) electrons. The molecule has 1 aromatic heterocycles. The second-order valence-electron chi connectivity index (χ2n) is 6.61. The van der Waals surface area contributed by atoms with Crippen LogP contribution in [0.2, 0.25) is 0 Å². The number of hydrogen-bond acceptors (Lipinski definition) is 3. The van der Waals surface area contributed by atoms with Gasteiger partial charge in [0, 0.05) is 30.2 Å². The third-order valence-corrected chi connectivity index (χ3v) is 5.61. The highest BCUT2D eigenvalue weighted by atomic mass is 16.7. The Bertz CT molecular complexity index is 768. The van der Waals surface area contributed by atoms with Gasteiger partial charge in [0.15, 0.2) is 0 Å². The summed E-state index contributed by atoms with van der Waals surface area (Å²) in [4.78, 5) is 24.1. The summed E-state index contributed by atoms with van der Waals surface area (Å²) in [6, 6.07) is 8.81. The molecule has 5 rings (SSSR count). The van der Waals surface area contributed by atoms with Crippen molar-refractivity contribution in [1.29, 1.82) is 0 Å². The molecule has 1 amide bonds. The highest BCUT2D eigenvalue weighted by Crippen LogP contribution is 2.43. The number of para-hydroxylation sites is 1. The van der Waals surface area contributed by atoms with Crippen LogP contribution in [-0.4, -0.2) is 47.1 Å². The normalized spacial score (nSPS) is 31.2. The van der Waals surface area contributed by atoms with E-state index >= 15 is 0 Å². The van der Waals surface area contributed by atoms with E-state index in [1.54, 1.807) is 0 Å². The predicted octanol–water partition coefficient (Wildman–Crippen LogP) is 1.86. The monoisotopic (exact) mass is 297 g/mol. The van der Waals surface area contributed by atoms with E-state index < -0.39 is 0 Å². The highest BCUT2D eigenvalue weighted by Gasteiger charge is 2.49. The molecule has 4 heterocycles. The number of rotatable bonds is 0. The molecule has 3 aliphatic heterocycles. The first kappa shape index (κ1) is 12.7. The molecule has 0 unspecified atom stereocenters. The van der Waals surface area contributed by atoms with Gasteiger partial charge in [0.1, 0.15) is 0 Å². The maximum atomic E-state index is 12.8. The Kier molecular flexibility index (Phi) is 2.50. The van der Waals surface area contributed by atoms with Gasteiger partial charge in [-0.25, -0.2) is 0 Å². The largest absolute Gasteiger partial charge is 0.356 e. The summed E-state index contributed by atoms with van der Waals surface area (Å²) < 4.78 is 0. The van der Waals surface area contributed by atoms with Crippen molar-refractivity contribution in [1.82, 2.24) is 14.9 Å². The van der Waals surface area contributed by atoms with E-state index in [1.165, 1.54) is 22.2 Å². The molecule has 0 bridgehead atoms. The first-order valence-electron chi connectivity index (χ1n) is 8.00. The lowest BCUT2D eigenvalue weighted by atomic mass is 9.83. The minimum absolute atomic E-state index is 0.00665. The Morgan fingerprint density at radius 2 is 2.18 bits per heavy atom. The molecule has 2 aromatic rings. The fourth-order valence-corrected chi connectivity index (χ4v) is 4.48. The number of nitrogens with one attached hydrogen (secondary N) is 1. The fraction of sp³-hybridized carbons (Fsp3) is 0.471. The van der Waals surface area contributed by atoms with Crippen molar-refractivity contribution in [2.75, 3.05) is 20.2 Å². The molecular formula is C17H19N3O2. The Balaban J connectivity index is 1.63. The minimum atomic E-state index is 0.00665. The maximum absolute atomic E-state index is 12.8. The van der Waals surface area contributed by atoms with Gasteiger partial charge in [-0.15, -0.1) is 0 Å². The molecule has 3 aliphatic rings. The number of fused-ring (bicyclic) bond motifs is 6. The Labute approximate surface area is 128 Å². The van der Waals surface area contributed by atoms with Crippen LogP contribution < -0.4 is 0 Å². The molecule has 5 nitrogen and oxygen atoms in total. The zero-order valence-corrected chi connectivity index (χ0v) is 12.6. The van der Waals surface area contributed by atoms with E-state index in [4.69, 9.17) is 4.84 Å². The van der Waals surface area contributed by atoms with Crippen LogP contribution in [-0.2, 0) is 16.1 Å². The molecule has 1 aromatic carbocycles. The van der Waals surface area contributed by atoms with Gasteiger partial charge in [-0.1, -0.05) is 18.2 Å². The van der Waals surface area contributed by atoms with E-state index in [0.29, 0.717) is 6.61 Å². The lowest BCUT2D eigenvalue weighted by molar-refractivity contribution is -0.145. The van der Waals surface area contributed by atoms with Crippen molar-refractivity contribution in [3.63, 3.8) is 0 Å². The number of nitrogens with zero attached hydrogens (tertiary/aromatic N) is 2. The molecular weight excluding hydrogens is 278 g/mol. The van der Waals surface area contributed by atoms with E-state index in [2.05, 4.69) is 34.1 Å². The first-order chi connectivity index (χ1) is 10.7. The molecule has 0 aliphatic carbocycles. The van der Waals surface area contributed by atoms with E-state index in [9.17, 15) is 4.79 Å².